The number of hydrogen-bond donors (Lipinski definition) is 1. The lowest BCUT2D eigenvalue weighted by molar-refractivity contribution is -0.141. The van der Waals surface area contributed by atoms with E-state index in [1.54, 1.807) is 12.1 Å². The number of nitrogens with two attached hydrogens (primary N) is 1. The summed E-state index contributed by atoms with van der Waals surface area (Å²) in [7, 11) is 1.34. The fraction of sp³-hybridized carbons (Fsp3) is 0.375. The van der Waals surface area contributed by atoms with Crippen molar-refractivity contribution in [2.24, 2.45) is 5.73 Å². The SMILES string of the molecule is CN1C(=O)C(F)(F)c2ccc(-c3ccc(C[C@@H](C#N)N4CCCO[C@H](C(N)=O)C4)cc3)cc21. The predicted molar refractivity (Wildman–Crippen MR) is 117 cm³/mol. The monoisotopic (exact) mass is 454 g/mol. The van der Waals surface area contributed by atoms with Crippen LogP contribution in [0.15, 0.2) is 42.5 Å². The van der Waals surface area contributed by atoms with Crippen LogP contribution in [-0.4, -0.2) is 55.6 Å². The maximum Gasteiger partial charge on any atom is 0.352 e. The van der Waals surface area contributed by atoms with Gasteiger partial charge >= 0.3 is 11.8 Å². The molecular weight excluding hydrogens is 430 g/mol. The van der Waals surface area contributed by atoms with E-state index in [0.29, 0.717) is 31.6 Å². The number of nitrogens with zero attached hydrogens (tertiary/aromatic N) is 3. The number of alkyl halides is 2. The summed E-state index contributed by atoms with van der Waals surface area (Å²) in [4.78, 5) is 26.3. The molecule has 1 fully saturated rings. The van der Waals surface area contributed by atoms with Crippen molar-refractivity contribution >= 4 is 17.5 Å². The number of nitriles is 1. The van der Waals surface area contributed by atoms with Crippen LogP contribution >= 0.6 is 0 Å². The van der Waals surface area contributed by atoms with Crippen molar-refractivity contribution in [1.82, 2.24) is 4.90 Å². The first-order valence-corrected chi connectivity index (χ1v) is 10.7. The number of rotatable bonds is 5. The summed E-state index contributed by atoms with van der Waals surface area (Å²) >= 11 is 0. The molecule has 0 aliphatic carbocycles. The second kappa shape index (κ2) is 8.89. The summed E-state index contributed by atoms with van der Waals surface area (Å²) in [5.74, 6) is -5.28. The van der Waals surface area contributed by atoms with E-state index < -0.39 is 29.9 Å². The van der Waals surface area contributed by atoms with Crippen molar-refractivity contribution in [3.05, 3.63) is 53.6 Å². The van der Waals surface area contributed by atoms with Gasteiger partial charge in [0.2, 0.25) is 5.91 Å². The van der Waals surface area contributed by atoms with Gasteiger partial charge in [0.15, 0.2) is 0 Å². The zero-order chi connectivity index (χ0) is 23.8. The third-order valence-corrected chi connectivity index (χ3v) is 6.20. The second-order valence-corrected chi connectivity index (χ2v) is 8.33. The van der Waals surface area contributed by atoms with E-state index in [0.717, 1.165) is 16.0 Å². The molecule has 2 aliphatic rings. The van der Waals surface area contributed by atoms with Gasteiger partial charge in [0.05, 0.1) is 17.3 Å². The molecule has 0 saturated carbocycles. The zero-order valence-electron chi connectivity index (χ0n) is 18.1. The summed E-state index contributed by atoms with van der Waals surface area (Å²) in [5.41, 5.74) is 7.74. The average Bonchev–Trinajstić information content (AvgIpc) is 3.00. The molecule has 4 rings (SSSR count). The van der Waals surface area contributed by atoms with Gasteiger partial charge in [-0.1, -0.05) is 30.3 Å². The molecule has 0 spiro atoms. The van der Waals surface area contributed by atoms with Gasteiger partial charge in [-0.25, -0.2) is 0 Å². The summed E-state index contributed by atoms with van der Waals surface area (Å²) in [6.45, 7) is 1.33. The third-order valence-electron chi connectivity index (χ3n) is 6.20. The first-order chi connectivity index (χ1) is 15.7. The quantitative estimate of drug-likeness (QED) is 0.748. The lowest BCUT2D eigenvalue weighted by atomic mass is 9.98. The molecular formula is C24H24F2N4O3. The van der Waals surface area contributed by atoms with E-state index in [9.17, 15) is 23.6 Å². The van der Waals surface area contributed by atoms with E-state index in [-0.39, 0.29) is 17.8 Å². The van der Waals surface area contributed by atoms with Gasteiger partial charge in [-0.2, -0.15) is 14.0 Å². The third kappa shape index (κ3) is 4.32. The molecule has 33 heavy (non-hydrogen) atoms. The first kappa shape index (κ1) is 22.8. The molecule has 0 radical (unpaired) electrons. The topological polar surface area (TPSA) is 99.7 Å². The Morgan fingerprint density at radius 1 is 1.27 bits per heavy atom. The van der Waals surface area contributed by atoms with Crippen molar-refractivity contribution in [2.45, 2.75) is 30.9 Å². The Morgan fingerprint density at radius 2 is 1.97 bits per heavy atom. The molecule has 2 N–H and O–H groups in total. The van der Waals surface area contributed by atoms with Gasteiger partial charge in [-0.05, 0) is 35.2 Å². The Labute approximate surface area is 190 Å². The Kier molecular flexibility index (Phi) is 6.15. The highest BCUT2D eigenvalue weighted by molar-refractivity contribution is 6.06. The van der Waals surface area contributed by atoms with Gasteiger partial charge in [0.1, 0.15) is 12.1 Å². The minimum Gasteiger partial charge on any atom is -0.367 e. The highest BCUT2D eigenvalue weighted by Crippen LogP contribution is 2.44. The van der Waals surface area contributed by atoms with Gasteiger partial charge in [0, 0.05) is 33.2 Å². The maximum atomic E-state index is 14.1. The molecule has 172 valence electrons. The summed E-state index contributed by atoms with van der Waals surface area (Å²) in [6, 6.07) is 13.8. The lowest BCUT2D eigenvalue weighted by Crippen LogP contribution is -2.44. The Bertz CT molecular complexity index is 1110. The Morgan fingerprint density at radius 3 is 2.64 bits per heavy atom. The molecule has 0 aromatic heterocycles. The number of amides is 2. The number of anilines is 1. The molecule has 1 saturated heterocycles. The normalized spacial score (nSPS) is 21.2. The zero-order valence-corrected chi connectivity index (χ0v) is 18.1. The molecule has 2 amide bonds. The molecule has 2 heterocycles. The van der Waals surface area contributed by atoms with Gasteiger partial charge in [-0.3, -0.25) is 14.5 Å². The smallest absolute Gasteiger partial charge is 0.352 e. The average molecular weight is 454 g/mol. The van der Waals surface area contributed by atoms with E-state index in [1.165, 1.54) is 13.1 Å². The number of fused-ring (bicyclic) bond motifs is 1. The van der Waals surface area contributed by atoms with Crippen LogP contribution in [0.1, 0.15) is 17.5 Å². The van der Waals surface area contributed by atoms with Gasteiger partial charge in [-0.15, -0.1) is 0 Å². The molecule has 0 unspecified atom stereocenters. The van der Waals surface area contributed by atoms with Crippen LogP contribution in [-0.2, 0) is 26.7 Å². The van der Waals surface area contributed by atoms with Crippen LogP contribution in [0.5, 0.6) is 0 Å². The number of benzene rings is 2. The summed E-state index contributed by atoms with van der Waals surface area (Å²) in [5, 5.41) is 9.72. The highest BCUT2D eigenvalue weighted by atomic mass is 19.3. The fourth-order valence-corrected chi connectivity index (χ4v) is 4.31. The van der Waals surface area contributed by atoms with Crippen molar-refractivity contribution in [3.63, 3.8) is 0 Å². The van der Waals surface area contributed by atoms with E-state index in [4.69, 9.17) is 10.5 Å². The number of likely N-dealkylation sites (N-methyl/N-ethyl adjacent to an activating group) is 1. The molecule has 2 atom stereocenters. The fourth-order valence-electron chi connectivity index (χ4n) is 4.31. The number of primary amides is 1. The predicted octanol–water partition coefficient (Wildman–Crippen LogP) is 2.43. The Balaban J connectivity index is 1.50. The molecule has 0 bridgehead atoms. The van der Waals surface area contributed by atoms with Gasteiger partial charge in [0.25, 0.3) is 0 Å². The maximum absolute atomic E-state index is 14.1. The molecule has 2 aromatic rings. The summed E-state index contributed by atoms with van der Waals surface area (Å²) in [6.07, 6.45) is 0.424. The van der Waals surface area contributed by atoms with E-state index in [1.807, 2.05) is 29.2 Å². The van der Waals surface area contributed by atoms with Crippen LogP contribution in [0.4, 0.5) is 14.5 Å². The molecule has 7 nitrogen and oxygen atoms in total. The minimum atomic E-state index is -3.51. The van der Waals surface area contributed by atoms with Crippen LogP contribution in [0.2, 0.25) is 0 Å². The number of ether oxygens (including phenoxy) is 1. The number of carbonyl (C=O) groups is 2. The lowest BCUT2D eigenvalue weighted by Gasteiger charge is -2.27. The van der Waals surface area contributed by atoms with Crippen molar-refractivity contribution < 1.29 is 23.1 Å². The van der Waals surface area contributed by atoms with Crippen LogP contribution < -0.4 is 10.6 Å². The largest absolute Gasteiger partial charge is 0.367 e. The number of hydrogen-bond acceptors (Lipinski definition) is 5. The standard InChI is InChI=1S/C24H24F2N4O3/c1-29-20-12-17(7-8-19(20)24(25,26)23(29)32)16-5-3-15(4-6-16)11-18(13-27)30-9-2-10-33-21(14-30)22(28)31/h3-8,12,18,21H,2,9-11,14H2,1H3,(H2,28,31)/t18-,21-/m0/s1. The number of halogens is 2. The van der Waals surface area contributed by atoms with Crippen molar-refractivity contribution in [3.8, 4) is 17.2 Å². The summed E-state index contributed by atoms with van der Waals surface area (Å²) < 4.78 is 33.7. The molecule has 2 aliphatic heterocycles. The van der Waals surface area contributed by atoms with Gasteiger partial charge < -0.3 is 15.4 Å². The molecule has 2 aromatic carbocycles. The Hall–Kier alpha value is -3.35. The van der Waals surface area contributed by atoms with Crippen molar-refractivity contribution in [2.75, 3.05) is 31.6 Å². The van der Waals surface area contributed by atoms with E-state index >= 15 is 0 Å². The van der Waals surface area contributed by atoms with Crippen LogP contribution in [0, 0.1) is 11.3 Å². The second-order valence-electron chi connectivity index (χ2n) is 8.33. The number of carbonyl (C=O) groups excluding carboxylic acids is 2. The van der Waals surface area contributed by atoms with Crippen LogP contribution in [0.25, 0.3) is 11.1 Å². The first-order valence-electron chi connectivity index (χ1n) is 10.7. The minimum absolute atomic E-state index is 0.198. The highest BCUT2D eigenvalue weighted by Gasteiger charge is 2.51. The van der Waals surface area contributed by atoms with E-state index in [2.05, 4.69) is 6.07 Å². The molecule has 9 heteroatoms. The van der Waals surface area contributed by atoms with Crippen molar-refractivity contribution in [1.29, 1.82) is 5.26 Å². The van der Waals surface area contributed by atoms with Crippen LogP contribution in [0.3, 0.4) is 0 Å².